The van der Waals surface area contributed by atoms with Gasteiger partial charge in [-0.05, 0) is 29.8 Å². The van der Waals surface area contributed by atoms with E-state index in [-0.39, 0.29) is 0 Å². The third kappa shape index (κ3) is 4.37. The second-order valence-electron chi connectivity index (χ2n) is 5.14. The summed E-state index contributed by atoms with van der Waals surface area (Å²) >= 11 is 0. The van der Waals surface area contributed by atoms with Crippen molar-refractivity contribution in [1.29, 1.82) is 0 Å². The largest absolute Gasteiger partial charge is 0.493 e. The maximum atomic E-state index is 5.31. The molecule has 0 aliphatic rings. The molecule has 0 radical (unpaired) electrons. The van der Waals surface area contributed by atoms with Crippen molar-refractivity contribution in [2.24, 2.45) is 0 Å². The van der Waals surface area contributed by atoms with Crippen LogP contribution in [0.5, 0.6) is 11.5 Å². The van der Waals surface area contributed by atoms with Crippen molar-refractivity contribution in [2.45, 2.75) is 13.1 Å². The van der Waals surface area contributed by atoms with Crippen LogP contribution >= 0.6 is 0 Å². The fraction of sp³-hybridized carbons (Fsp3) is 0.235. The van der Waals surface area contributed by atoms with E-state index in [1.165, 1.54) is 0 Å². The van der Waals surface area contributed by atoms with Crippen LogP contribution in [0, 0.1) is 0 Å². The van der Waals surface area contributed by atoms with Crippen LogP contribution in [0.1, 0.15) is 11.3 Å². The van der Waals surface area contributed by atoms with Gasteiger partial charge in [0.1, 0.15) is 5.76 Å². The number of methoxy groups -OCH3 is 2. The molecule has 3 rings (SSSR count). The molecule has 0 aliphatic heterocycles. The third-order valence-corrected chi connectivity index (χ3v) is 3.48. The Morgan fingerprint density at radius 2 is 1.92 bits per heavy atom. The Morgan fingerprint density at radius 3 is 2.68 bits per heavy atom. The molecule has 0 saturated carbocycles. The fourth-order valence-corrected chi connectivity index (χ4v) is 2.23. The molecule has 1 aromatic carbocycles. The Balaban J connectivity index is 1.60. The quantitative estimate of drug-likeness (QED) is 0.646. The molecule has 2 aromatic heterocycles. The highest BCUT2D eigenvalue weighted by atomic mass is 16.5. The monoisotopic (exact) mass is 341 g/mol. The Morgan fingerprint density at radius 1 is 1.04 bits per heavy atom. The summed E-state index contributed by atoms with van der Waals surface area (Å²) in [6.07, 6.45) is 3.19. The molecule has 8 nitrogen and oxygen atoms in total. The Bertz CT molecular complexity index is 808. The molecule has 0 amide bonds. The molecular formula is C17H19N5O3. The number of aromatic nitrogens is 3. The minimum atomic E-state index is 0.425. The van der Waals surface area contributed by atoms with Gasteiger partial charge in [-0.3, -0.25) is 0 Å². The smallest absolute Gasteiger partial charge is 0.245 e. The summed E-state index contributed by atoms with van der Waals surface area (Å²) < 4.78 is 15.8. The van der Waals surface area contributed by atoms with Crippen LogP contribution in [-0.4, -0.2) is 29.4 Å². The van der Waals surface area contributed by atoms with Gasteiger partial charge in [0, 0.05) is 6.54 Å². The summed E-state index contributed by atoms with van der Waals surface area (Å²) in [7, 11) is 3.22. The zero-order valence-electron chi connectivity index (χ0n) is 14.0. The second-order valence-corrected chi connectivity index (χ2v) is 5.14. The molecule has 0 unspecified atom stereocenters. The van der Waals surface area contributed by atoms with Crippen LogP contribution in [0.4, 0.5) is 11.8 Å². The van der Waals surface area contributed by atoms with Gasteiger partial charge in [0.15, 0.2) is 17.3 Å². The van der Waals surface area contributed by atoms with Crippen LogP contribution in [0.25, 0.3) is 0 Å². The van der Waals surface area contributed by atoms with Crippen molar-refractivity contribution in [1.82, 2.24) is 15.2 Å². The van der Waals surface area contributed by atoms with E-state index in [0.29, 0.717) is 36.4 Å². The highest BCUT2D eigenvalue weighted by Crippen LogP contribution is 2.27. The zero-order chi connectivity index (χ0) is 17.5. The van der Waals surface area contributed by atoms with Crippen LogP contribution in [0.3, 0.4) is 0 Å². The molecule has 0 spiro atoms. The van der Waals surface area contributed by atoms with E-state index in [9.17, 15) is 0 Å². The molecule has 0 fully saturated rings. The molecule has 2 N–H and O–H groups in total. The third-order valence-electron chi connectivity index (χ3n) is 3.48. The molecule has 3 aromatic rings. The summed E-state index contributed by atoms with van der Waals surface area (Å²) in [5, 5.41) is 14.2. The fourth-order valence-electron chi connectivity index (χ4n) is 2.23. The van der Waals surface area contributed by atoms with Gasteiger partial charge in [-0.15, -0.1) is 5.10 Å². The first kappa shape index (κ1) is 16.6. The van der Waals surface area contributed by atoms with Gasteiger partial charge in [0.05, 0.1) is 33.2 Å². The number of nitrogens with one attached hydrogen (secondary N) is 2. The van der Waals surface area contributed by atoms with Crippen molar-refractivity contribution in [3.63, 3.8) is 0 Å². The van der Waals surface area contributed by atoms with E-state index >= 15 is 0 Å². The van der Waals surface area contributed by atoms with Gasteiger partial charge in [-0.25, -0.2) is 0 Å². The molecule has 0 bridgehead atoms. The molecule has 0 saturated heterocycles. The van der Waals surface area contributed by atoms with Gasteiger partial charge >= 0.3 is 0 Å². The lowest BCUT2D eigenvalue weighted by atomic mass is 10.2. The second kappa shape index (κ2) is 8.00. The van der Waals surface area contributed by atoms with Crippen molar-refractivity contribution in [2.75, 3.05) is 24.9 Å². The number of rotatable bonds is 8. The zero-order valence-corrected chi connectivity index (χ0v) is 14.0. The van der Waals surface area contributed by atoms with E-state index in [0.717, 1.165) is 11.3 Å². The van der Waals surface area contributed by atoms with Crippen molar-refractivity contribution >= 4 is 11.8 Å². The standard InChI is InChI=1S/C17H19N5O3/c1-23-14-6-5-12(8-15(14)24-2)9-18-16-11-20-22-17(21-16)19-10-13-4-3-7-25-13/h3-8,11H,9-10H2,1-2H3,(H2,18,19,21,22). The van der Waals surface area contributed by atoms with E-state index in [1.54, 1.807) is 26.7 Å². The lowest BCUT2D eigenvalue weighted by molar-refractivity contribution is 0.354. The predicted octanol–water partition coefficient (Wildman–Crippen LogP) is 2.71. The number of anilines is 2. The molecule has 8 heteroatoms. The highest BCUT2D eigenvalue weighted by molar-refractivity contribution is 5.44. The minimum absolute atomic E-state index is 0.425. The van der Waals surface area contributed by atoms with Crippen molar-refractivity contribution < 1.29 is 13.9 Å². The van der Waals surface area contributed by atoms with Crippen LogP contribution in [0.2, 0.25) is 0 Å². The molecule has 130 valence electrons. The first-order chi connectivity index (χ1) is 12.3. The van der Waals surface area contributed by atoms with Crippen molar-refractivity contribution in [3.05, 3.63) is 54.1 Å². The normalized spacial score (nSPS) is 10.3. The maximum absolute atomic E-state index is 5.31. The summed E-state index contributed by atoms with van der Waals surface area (Å²) in [5.74, 6) is 3.22. The van der Waals surface area contributed by atoms with E-state index in [1.807, 2.05) is 30.3 Å². The van der Waals surface area contributed by atoms with Gasteiger partial charge in [0.2, 0.25) is 5.95 Å². The first-order valence-electron chi connectivity index (χ1n) is 7.69. The Labute approximate surface area is 145 Å². The lowest BCUT2D eigenvalue weighted by Crippen LogP contribution is -2.08. The summed E-state index contributed by atoms with van der Waals surface area (Å²) in [5.41, 5.74) is 1.03. The van der Waals surface area contributed by atoms with Gasteiger partial charge in [0.25, 0.3) is 0 Å². The van der Waals surface area contributed by atoms with Gasteiger partial charge in [-0.2, -0.15) is 10.1 Å². The molecule has 0 atom stereocenters. The summed E-state index contributed by atoms with van der Waals surface area (Å²) in [6, 6.07) is 9.44. The van der Waals surface area contributed by atoms with E-state index in [2.05, 4.69) is 25.8 Å². The van der Waals surface area contributed by atoms with E-state index < -0.39 is 0 Å². The number of nitrogens with zero attached hydrogens (tertiary/aromatic N) is 3. The average molecular weight is 341 g/mol. The summed E-state index contributed by atoms with van der Waals surface area (Å²) in [4.78, 5) is 4.37. The molecular weight excluding hydrogens is 322 g/mol. The van der Waals surface area contributed by atoms with E-state index in [4.69, 9.17) is 13.9 Å². The average Bonchev–Trinajstić information content (AvgIpc) is 3.18. The molecule has 2 heterocycles. The SMILES string of the molecule is COc1ccc(CNc2cnnc(NCc3ccco3)n2)cc1OC. The molecule has 25 heavy (non-hydrogen) atoms. The van der Waals surface area contributed by atoms with Crippen LogP contribution < -0.4 is 20.1 Å². The summed E-state index contributed by atoms with van der Waals surface area (Å²) in [6.45, 7) is 1.06. The predicted molar refractivity (Wildman–Crippen MR) is 92.7 cm³/mol. The topological polar surface area (TPSA) is 94.3 Å². The number of benzene rings is 1. The van der Waals surface area contributed by atoms with Crippen LogP contribution in [0.15, 0.2) is 47.2 Å². The number of ether oxygens (including phenoxy) is 2. The first-order valence-corrected chi connectivity index (χ1v) is 7.69. The number of hydrogen-bond donors (Lipinski definition) is 2. The van der Waals surface area contributed by atoms with Crippen LogP contribution in [-0.2, 0) is 13.1 Å². The van der Waals surface area contributed by atoms with Gasteiger partial charge < -0.3 is 24.5 Å². The Kier molecular flexibility index (Phi) is 5.30. The number of hydrogen-bond acceptors (Lipinski definition) is 8. The maximum Gasteiger partial charge on any atom is 0.245 e. The number of furan rings is 1. The minimum Gasteiger partial charge on any atom is -0.493 e. The van der Waals surface area contributed by atoms with Crippen molar-refractivity contribution in [3.8, 4) is 11.5 Å². The van der Waals surface area contributed by atoms with Gasteiger partial charge in [-0.1, -0.05) is 6.07 Å². The Hall–Kier alpha value is -3.29. The molecule has 0 aliphatic carbocycles. The highest BCUT2D eigenvalue weighted by Gasteiger charge is 2.06. The lowest BCUT2D eigenvalue weighted by Gasteiger charge is -2.11.